The fourth-order valence-electron chi connectivity index (χ4n) is 1.99. The Bertz CT molecular complexity index is 541. The first-order valence-corrected chi connectivity index (χ1v) is 8.03. The van der Waals surface area contributed by atoms with Crippen LogP contribution >= 0.6 is 23.4 Å². The molecule has 0 saturated carbocycles. The van der Waals surface area contributed by atoms with E-state index in [1.165, 1.54) is 11.8 Å². The molecule has 0 aliphatic carbocycles. The van der Waals surface area contributed by atoms with Crippen LogP contribution in [0.3, 0.4) is 0 Å². The fourth-order valence-corrected chi connectivity index (χ4v) is 3.28. The lowest BCUT2D eigenvalue weighted by molar-refractivity contribution is -0.123. The summed E-state index contributed by atoms with van der Waals surface area (Å²) in [6.45, 7) is 3.75. The average Bonchev–Trinajstić information content (AvgIpc) is 2.37. The number of anilines is 1. The molecule has 114 valence electrons. The third-order valence-corrected chi connectivity index (χ3v) is 4.40. The summed E-state index contributed by atoms with van der Waals surface area (Å²) in [4.78, 5) is 23.6. The van der Waals surface area contributed by atoms with Crippen molar-refractivity contribution in [2.45, 2.75) is 37.1 Å². The first-order chi connectivity index (χ1) is 9.94. The van der Waals surface area contributed by atoms with Crippen molar-refractivity contribution in [1.82, 2.24) is 10.6 Å². The summed E-state index contributed by atoms with van der Waals surface area (Å²) in [6.07, 6.45) is 0.458. The van der Waals surface area contributed by atoms with E-state index in [2.05, 4.69) is 16.0 Å². The fraction of sp³-hybridized carbons (Fsp3) is 0.429. The standard InChI is InChI=1S/C14H18ClN3O2S/c1-8-6-12(19)18-14(16-8)21-9(2)13(20)17-11-5-3-4-10(15)7-11/h3-5,7-9,14,16H,6H2,1-2H3,(H,17,20)(H,18,19). The van der Waals surface area contributed by atoms with Crippen molar-refractivity contribution >= 4 is 40.9 Å². The van der Waals surface area contributed by atoms with Gasteiger partial charge >= 0.3 is 0 Å². The van der Waals surface area contributed by atoms with Gasteiger partial charge in [0.2, 0.25) is 11.8 Å². The molecule has 1 aromatic rings. The van der Waals surface area contributed by atoms with Crippen molar-refractivity contribution < 1.29 is 9.59 Å². The van der Waals surface area contributed by atoms with Crippen molar-refractivity contribution in [3.8, 4) is 0 Å². The van der Waals surface area contributed by atoms with E-state index in [0.29, 0.717) is 17.1 Å². The van der Waals surface area contributed by atoms with Crippen LogP contribution in [0.2, 0.25) is 5.02 Å². The number of carbonyl (C=O) groups excluding carboxylic acids is 2. The summed E-state index contributed by atoms with van der Waals surface area (Å²) in [5.74, 6) is -0.127. The largest absolute Gasteiger partial charge is 0.332 e. The summed E-state index contributed by atoms with van der Waals surface area (Å²) in [7, 11) is 0. The van der Waals surface area contributed by atoms with Gasteiger partial charge < -0.3 is 10.6 Å². The van der Waals surface area contributed by atoms with E-state index in [-0.39, 0.29) is 28.6 Å². The van der Waals surface area contributed by atoms with Crippen LogP contribution in [0.4, 0.5) is 5.69 Å². The van der Waals surface area contributed by atoms with E-state index < -0.39 is 0 Å². The zero-order chi connectivity index (χ0) is 15.4. The highest BCUT2D eigenvalue weighted by Crippen LogP contribution is 2.20. The maximum atomic E-state index is 12.1. The van der Waals surface area contributed by atoms with Gasteiger partial charge in [0.1, 0.15) is 5.50 Å². The van der Waals surface area contributed by atoms with Gasteiger partial charge in [-0.1, -0.05) is 17.7 Å². The Labute approximate surface area is 133 Å². The molecule has 1 heterocycles. The highest BCUT2D eigenvalue weighted by molar-refractivity contribution is 8.01. The van der Waals surface area contributed by atoms with E-state index in [0.717, 1.165) is 0 Å². The molecule has 1 aromatic carbocycles. The number of amides is 2. The molecule has 1 aliphatic heterocycles. The normalized spacial score (nSPS) is 23.3. The zero-order valence-electron chi connectivity index (χ0n) is 11.9. The molecule has 5 nitrogen and oxygen atoms in total. The number of thioether (sulfide) groups is 1. The molecule has 0 spiro atoms. The van der Waals surface area contributed by atoms with E-state index in [9.17, 15) is 9.59 Å². The van der Waals surface area contributed by atoms with Gasteiger partial charge in [-0.05, 0) is 32.0 Å². The topological polar surface area (TPSA) is 70.2 Å². The van der Waals surface area contributed by atoms with Crippen LogP contribution in [0.25, 0.3) is 0 Å². The number of benzene rings is 1. The molecule has 3 N–H and O–H groups in total. The second kappa shape index (κ2) is 7.15. The first-order valence-electron chi connectivity index (χ1n) is 6.71. The van der Waals surface area contributed by atoms with Crippen molar-refractivity contribution in [1.29, 1.82) is 0 Å². The molecule has 1 aliphatic rings. The van der Waals surface area contributed by atoms with Crippen molar-refractivity contribution in [2.75, 3.05) is 5.32 Å². The van der Waals surface area contributed by atoms with Crippen molar-refractivity contribution in [2.24, 2.45) is 0 Å². The third-order valence-electron chi connectivity index (χ3n) is 3.02. The van der Waals surface area contributed by atoms with E-state index in [4.69, 9.17) is 11.6 Å². The second-order valence-electron chi connectivity index (χ2n) is 5.00. The van der Waals surface area contributed by atoms with Gasteiger partial charge in [0, 0.05) is 23.2 Å². The Balaban J connectivity index is 1.89. The van der Waals surface area contributed by atoms with Gasteiger partial charge in [-0.3, -0.25) is 14.9 Å². The minimum absolute atomic E-state index is 0.00111. The predicted molar refractivity (Wildman–Crippen MR) is 86.3 cm³/mol. The van der Waals surface area contributed by atoms with Crippen LogP contribution in [0.5, 0.6) is 0 Å². The quantitative estimate of drug-likeness (QED) is 0.792. The minimum atomic E-state index is -0.313. The lowest BCUT2D eigenvalue weighted by atomic mass is 10.2. The molecular formula is C14H18ClN3O2S. The summed E-state index contributed by atoms with van der Waals surface area (Å²) in [5, 5.41) is 9.12. The van der Waals surface area contributed by atoms with Gasteiger partial charge in [-0.25, -0.2) is 0 Å². The lowest BCUT2D eigenvalue weighted by Crippen LogP contribution is -2.54. The lowest BCUT2D eigenvalue weighted by Gasteiger charge is -2.30. The van der Waals surface area contributed by atoms with Crippen LogP contribution in [-0.4, -0.2) is 28.6 Å². The zero-order valence-corrected chi connectivity index (χ0v) is 13.4. The Morgan fingerprint density at radius 1 is 1.52 bits per heavy atom. The Morgan fingerprint density at radius 2 is 2.29 bits per heavy atom. The molecular weight excluding hydrogens is 310 g/mol. The van der Waals surface area contributed by atoms with Gasteiger partial charge in [0.15, 0.2) is 0 Å². The molecule has 2 rings (SSSR count). The molecule has 3 unspecified atom stereocenters. The summed E-state index contributed by atoms with van der Waals surface area (Å²) < 4.78 is 0. The summed E-state index contributed by atoms with van der Waals surface area (Å²) in [5.41, 5.74) is 0.412. The number of halogens is 1. The molecule has 0 radical (unpaired) electrons. The van der Waals surface area contributed by atoms with Gasteiger partial charge in [0.05, 0.1) is 5.25 Å². The number of carbonyl (C=O) groups is 2. The van der Waals surface area contributed by atoms with Gasteiger partial charge in [0.25, 0.3) is 0 Å². The SMILES string of the molecule is CC1CC(=O)NC(SC(C)C(=O)Nc2cccc(Cl)c2)N1. The molecule has 21 heavy (non-hydrogen) atoms. The predicted octanol–water partition coefficient (Wildman–Crippen LogP) is 2.18. The number of hydrogen-bond acceptors (Lipinski definition) is 4. The van der Waals surface area contributed by atoms with Gasteiger partial charge in [-0.15, -0.1) is 11.8 Å². The number of rotatable bonds is 4. The number of hydrogen-bond donors (Lipinski definition) is 3. The molecule has 1 saturated heterocycles. The Morgan fingerprint density at radius 3 is 2.95 bits per heavy atom. The van der Waals surface area contributed by atoms with Crippen LogP contribution < -0.4 is 16.0 Å². The van der Waals surface area contributed by atoms with Crippen LogP contribution in [-0.2, 0) is 9.59 Å². The molecule has 7 heteroatoms. The Kier molecular flexibility index (Phi) is 5.50. The van der Waals surface area contributed by atoms with E-state index in [1.54, 1.807) is 31.2 Å². The Hall–Kier alpha value is -1.24. The monoisotopic (exact) mass is 327 g/mol. The van der Waals surface area contributed by atoms with Crippen LogP contribution in [0, 0.1) is 0 Å². The molecule has 0 aromatic heterocycles. The second-order valence-corrected chi connectivity index (χ2v) is 6.88. The highest BCUT2D eigenvalue weighted by Gasteiger charge is 2.26. The summed E-state index contributed by atoms with van der Waals surface area (Å²) in [6, 6.07) is 7.11. The minimum Gasteiger partial charge on any atom is -0.332 e. The maximum absolute atomic E-state index is 12.1. The maximum Gasteiger partial charge on any atom is 0.237 e. The molecule has 2 amide bonds. The molecule has 3 atom stereocenters. The van der Waals surface area contributed by atoms with Crippen molar-refractivity contribution in [3.05, 3.63) is 29.3 Å². The molecule has 1 fully saturated rings. The van der Waals surface area contributed by atoms with E-state index >= 15 is 0 Å². The highest BCUT2D eigenvalue weighted by atomic mass is 35.5. The van der Waals surface area contributed by atoms with Crippen LogP contribution in [0.15, 0.2) is 24.3 Å². The van der Waals surface area contributed by atoms with Crippen molar-refractivity contribution in [3.63, 3.8) is 0 Å². The smallest absolute Gasteiger partial charge is 0.237 e. The van der Waals surface area contributed by atoms with E-state index in [1.807, 2.05) is 6.92 Å². The summed E-state index contributed by atoms with van der Waals surface area (Å²) >= 11 is 7.25. The number of nitrogens with one attached hydrogen (secondary N) is 3. The third kappa shape index (κ3) is 4.91. The average molecular weight is 328 g/mol. The first kappa shape index (κ1) is 16.1. The van der Waals surface area contributed by atoms with Crippen LogP contribution in [0.1, 0.15) is 20.3 Å². The van der Waals surface area contributed by atoms with Gasteiger partial charge in [-0.2, -0.15) is 0 Å². The molecule has 0 bridgehead atoms.